The van der Waals surface area contributed by atoms with Gasteiger partial charge in [0.1, 0.15) is 0 Å². The number of furan rings is 1. The average molecular weight is 197 g/mol. The van der Waals surface area contributed by atoms with E-state index in [2.05, 4.69) is 5.32 Å². The van der Waals surface area contributed by atoms with Crippen LogP contribution in [-0.2, 0) is 4.74 Å². The summed E-state index contributed by atoms with van der Waals surface area (Å²) in [5.41, 5.74) is 1.18. The van der Waals surface area contributed by atoms with E-state index in [9.17, 15) is 0 Å². The second kappa shape index (κ2) is 5.83. The lowest BCUT2D eigenvalue weighted by Crippen LogP contribution is -2.18. The third-order valence-electron chi connectivity index (χ3n) is 2.15. The topological polar surface area (TPSA) is 34.4 Å². The van der Waals surface area contributed by atoms with Crippen LogP contribution >= 0.6 is 0 Å². The molecular weight excluding hydrogens is 178 g/mol. The van der Waals surface area contributed by atoms with Crippen molar-refractivity contribution in [3.63, 3.8) is 0 Å². The number of nitrogens with one attached hydrogen (secondary N) is 1. The summed E-state index contributed by atoms with van der Waals surface area (Å²) >= 11 is 0. The lowest BCUT2D eigenvalue weighted by atomic mass is 10.1. The smallest absolute Gasteiger partial charge is 0.0950 e. The second-order valence-corrected chi connectivity index (χ2v) is 3.61. The highest BCUT2D eigenvalue weighted by Gasteiger charge is 2.10. The van der Waals surface area contributed by atoms with Gasteiger partial charge in [-0.15, -0.1) is 0 Å². The number of ether oxygens (including phenoxy) is 1. The van der Waals surface area contributed by atoms with Crippen molar-refractivity contribution < 1.29 is 9.15 Å². The Bertz CT molecular complexity index is 231. The van der Waals surface area contributed by atoms with Gasteiger partial charge in [-0.3, -0.25) is 0 Å². The molecule has 1 unspecified atom stereocenters. The lowest BCUT2D eigenvalue weighted by Gasteiger charge is -2.15. The van der Waals surface area contributed by atoms with Crippen molar-refractivity contribution in [2.24, 2.45) is 0 Å². The zero-order valence-corrected chi connectivity index (χ0v) is 9.12. The molecule has 14 heavy (non-hydrogen) atoms. The van der Waals surface area contributed by atoms with Gasteiger partial charge in [-0.25, -0.2) is 0 Å². The van der Waals surface area contributed by atoms with Gasteiger partial charge < -0.3 is 14.5 Å². The van der Waals surface area contributed by atoms with Crippen LogP contribution < -0.4 is 5.32 Å². The first kappa shape index (κ1) is 11.3. The Morgan fingerprint density at radius 1 is 1.50 bits per heavy atom. The largest absolute Gasteiger partial charge is 0.472 e. The molecule has 1 aromatic heterocycles. The number of rotatable bonds is 6. The normalized spacial score (nSPS) is 13.4. The maximum Gasteiger partial charge on any atom is 0.0950 e. The van der Waals surface area contributed by atoms with Crippen LogP contribution in [0.5, 0.6) is 0 Å². The third-order valence-corrected chi connectivity index (χ3v) is 2.15. The van der Waals surface area contributed by atoms with Gasteiger partial charge in [0.15, 0.2) is 0 Å². The Morgan fingerprint density at radius 2 is 2.29 bits per heavy atom. The standard InChI is InChI=1S/C11H19NO2/c1-9(2)14-7-5-11(12-3)10-4-6-13-8-10/h4,6,8-9,11-12H,5,7H2,1-3H3. The minimum Gasteiger partial charge on any atom is -0.472 e. The van der Waals surface area contributed by atoms with Gasteiger partial charge in [0.25, 0.3) is 0 Å². The summed E-state index contributed by atoms with van der Waals surface area (Å²) in [7, 11) is 1.95. The van der Waals surface area contributed by atoms with Crippen LogP contribution in [0.4, 0.5) is 0 Å². The van der Waals surface area contributed by atoms with E-state index in [0.717, 1.165) is 13.0 Å². The van der Waals surface area contributed by atoms with Crippen molar-refractivity contribution in [1.82, 2.24) is 5.32 Å². The molecule has 0 aliphatic heterocycles. The second-order valence-electron chi connectivity index (χ2n) is 3.61. The van der Waals surface area contributed by atoms with E-state index in [0.29, 0.717) is 12.1 Å². The highest BCUT2D eigenvalue weighted by Crippen LogP contribution is 2.16. The fourth-order valence-electron chi connectivity index (χ4n) is 1.37. The molecule has 3 heteroatoms. The van der Waals surface area contributed by atoms with E-state index in [-0.39, 0.29) is 0 Å². The molecule has 0 aliphatic carbocycles. The molecule has 1 atom stereocenters. The molecule has 1 aromatic rings. The summed E-state index contributed by atoms with van der Waals surface area (Å²) in [5.74, 6) is 0. The van der Waals surface area contributed by atoms with Crippen LogP contribution in [0.15, 0.2) is 23.0 Å². The van der Waals surface area contributed by atoms with Gasteiger partial charge in [-0.2, -0.15) is 0 Å². The fraction of sp³-hybridized carbons (Fsp3) is 0.636. The predicted octanol–water partition coefficient (Wildman–Crippen LogP) is 2.36. The summed E-state index contributed by atoms with van der Waals surface area (Å²) in [6.07, 6.45) is 4.74. The van der Waals surface area contributed by atoms with E-state index in [1.807, 2.05) is 27.0 Å². The van der Waals surface area contributed by atoms with Crippen LogP contribution in [0.25, 0.3) is 0 Å². The molecule has 0 aliphatic rings. The fourth-order valence-corrected chi connectivity index (χ4v) is 1.37. The van der Waals surface area contributed by atoms with Crippen LogP contribution in [-0.4, -0.2) is 19.8 Å². The van der Waals surface area contributed by atoms with Crippen LogP contribution in [0.3, 0.4) is 0 Å². The molecule has 1 N–H and O–H groups in total. The van der Waals surface area contributed by atoms with Crippen molar-refractivity contribution >= 4 is 0 Å². The predicted molar refractivity (Wildman–Crippen MR) is 56.2 cm³/mol. The Morgan fingerprint density at radius 3 is 2.79 bits per heavy atom. The van der Waals surface area contributed by atoms with E-state index in [4.69, 9.17) is 9.15 Å². The molecule has 0 spiro atoms. The summed E-state index contributed by atoms with van der Waals surface area (Å²) in [6.45, 7) is 4.87. The zero-order valence-electron chi connectivity index (χ0n) is 9.12. The highest BCUT2D eigenvalue weighted by atomic mass is 16.5. The quantitative estimate of drug-likeness (QED) is 0.760. The maximum atomic E-state index is 5.50. The summed E-state index contributed by atoms with van der Waals surface area (Å²) < 4.78 is 10.5. The van der Waals surface area contributed by atoms with Gasteiger partial charge >= 0.3 is 0 Å². The average Bonchev–Trinajstić information content (AvgIpc) is 2.64. The van der Waals surface area contributed by atoms with Gasteiger partial charge in [-0.05, 0) is 33.4 Å². The van der Waals surface area contributed by atoms with Crippen molar-refractivity contribution in [1.29, 1.82) is 0 Å². The molecule has 80 valence electrons. The molecular formula is C11H19NO2. The molecule has 0 amide bonds. The monoisotopic (exact) mass is 197 g/mol. The summed E-state index contributed by atoms with van der Waals surface area (Å²) in [6, 6.07) is 2.31. The summed E-state index contributed by atoms with van der Waals surface area (Å²) in [5, 5.41) is 3.24. The molecule has 1 heterocycles. The molecule has 0 aromatic carbocycles. The van der Waals surface area contributed by atoms with Crippen LogP contribution in [0.1, 0.15) is 31.9 Å². The van der Waals surface area contributed by atoms with E-state index in [1.54, 1.807) is 12.5 Å². The first-order valence-corrected chi connectivity index (χ1v) is 5.05. The Hall–Kier alpha value is -0.800. The molecule has 0 radical (unpaired) electrons. The molecule has 0 saturated carbocycles. The lowest BCUT2D eigenvalue weighted by molar-refractivity contribution is 0.0719. The van der Waals surface area contributed by atoms with E-state index >= 15 is 0 Å². The zero-order chi connectivity index (χ0) is 10.4. The first-order chi connectivity index (χ1) is 6.74. The van der Waals surface area contributed by atoms with Gasteiger partial charge in [-0.1, -0.05) is 0 Å². The molecule has 0 fully saturated rings. The minimum atomic E-state index is 0.303. The SMILES string of the molecule is CNC(CCOC(C)C)c1ccoc1. The molecule has 1 rings (SSSR count). The van der Waals surface area contributed by atoms with Crippen molar-refractivity contribution in [3.05, 3.63) is 24.2 Å². The first-order valence-electron chi connectivity index (χ1n) is 5.05. The maximum absolute atomic E-state index is 5.50. The van der Waals surface area contributed by atoms with Crippen LogP contribution in [0.2, 0.25) is 0 Å². The minimum absolute atomic E-state index is 0.303. The van der Waals surface area contributed by atoms with E-state index in [1.165, 1.54) is 5.56 Å². The van der Waals surface area contributed by atoms with Crippen molar-refractivity contribution in [3.8, 4) is 0 Å². The highest BCUT2D eigenvalue weighted by molar-refractivity contribution is 5.11. The van der Waals surface area contributed by atoms with Gasteiger partial charge in [0.2, 0.25) is 0 Å². The number of hydrogen-bond acceptors (Lipinski definition) is 3. The van der Waals surface area contributed by atoms with Crippen LogP contribution in [0, 0.1) is 0 Å². The van der Waals surface area contributed by atoms with Gasteiger partial charge in [0.05, 0.1) is 18.6 Å². The van der Waals surface area contributed by atoms with Gasteiger partial charge in [0, 0.05) is 18.2 Å². The van der Waals surface area contributed by atoms with Crippen molar-refractivity contribution in [2.45, 2.75) is 32.4 Å². The van der Waals surface area contributed by atoms with Crippen molar-refractivity contribution in [2.75, 3.05) is 13.7 Å². The Kier molecular flexibility index (Phi) is 4.70. The number of hydrogen-bond donors (Lipinski definition) is 1. The summed E-state index contributed by atoms with van der Waals surface area (Å²) in [4.78, 5) is 0. The Labute approximate surface area is 85.4 Å². The molecule has 3 nitrogen and oxygen atoms in total. The Balaban J connectivity index is 2.33. The molecule has 0 bridgehead atoms. The molecule has 0 saturated heterocycles. The van der Waals surface area contributed by atoms with E-state index < -0.39 is 0 Å². The third kappa shape index (κ3) is 3.52.